The highest BCUT2D eigenvalue weighted by Crippen LogP contribution is 2.25. The summed E-state index contributed by atoms with van der Waals surface area (Å²) in [5.41, 5.74) is 14.7. The number of nitrogens with one attached hydrogen (secondary N) is 1. The normalized spacial score (nSPS) is 10.2. The van der Waals surface area contributed by atoms with Crippen molar-refractivity contribution >= 4 is 23.1 Å². The molecule has 0 atom stereocenters. The van der Waals surface area contributed by atoms with Crippen molar-refractivity contribution in [2.75, 3.05) is 11.1 Å². The summed E-state index contributed by atoms with van der Waals surface area (Å²) in [5, 5.41) is 3.15. The van der Waals surface area contributed by atoms with Crippen LogP contribution in [0.4, 0.5) is 17.2 Å². The Morgan fingerprint density at radius 3 is 2.47 bits per heavy atom. The predicted molar refractivity (Wildman–Crippen MR) is 76.4 cm³/mol. The van der Waals surface area contributed by atoms with Crippen molar-refractivity contribution in [2.24, 2.45) is 5.73 Å². The minimum Gasteiger partial charge on any atom is -0.397 e. The van der Waals surface area contributed by atoms with Crippen molar-refractivity contribution in [3.8, 4) is 0 Å². The number of primary amides is 1. The highest BCUT2D eigenvalue weighted by molar-refractivity contribution is 5.99. The first-order valence-electron chi connectivity index (χ1n) is 5.87. The van der Waals surface area contributed by atoms with Crippen LogP contribution >= 0.6 is 0 Å². The summed E-state index contributed by atoms with van der Waals surface area (Å²) >= 11 is 0. The van der Waals surface area contributed by atoms with Gasteiger partial charge in [0.2, 0.25) is 0 Å². The molecule has 0 aliphatic carbocycles. The lowest BCUT2D eigenvalue weighted by atomic mass is 10.1. The van der Waals surface area contributed by atoms with E-state index in [2.05, 4.69) is 10.3 Å². The lowest BCUT2D eigenvalue weighted by Crippen LogP contribution is -2.15. The summed E-state index contributed by atoms with van der Waals surface area (Å²) in [6.07, 6.45) is 1.49. The number of aromatic nitrogens is 1. The Labute approximate surface area is 111 Å². The zero-order valence-corrected chi connectivity index (χ0v) is 10.9. The molecular formula is C14H16N4O. The fourth-order valence-electron chi connectivity index (χ4n) is 1.90. The number of benzene rings is 1. The number of nitrogens with zero attached hydrogens (tertiary/aromatic N) is 1. The number of rotatable bonds is 3. The highest BCUT2D eigenvalue weighted by Gasteiger charge is 2.12. The maximum atomic E-state index is 11.4. The van der Waals surface area contributed by atoms with Gasteiger partial charge in [0.1, 0.15) is 5.82 Å². The van der Waals surface area contributed by atoms with Gasteiger partial charge in [0.25, 0.3) is 5.91 Å². The molecule has 0 aliphatic rings. The van der Waals surface area contributed by atoms with Gasteiger partial charge in [-0.25, -0.2) is 4.98 Å². The zero-order chi connectivity index (χ0) is 14.0. The second kappa shape index (κ2) is 4.97. The van der Waals surface area contributed by atoms with E-state index >= 15 is 0 Å². The summed E-state index contributed by atoms with van der Waals surface area (Å²) in [6.45, 7) is 3.97. The molecule has 0 spiro atoms. The van der Waals surface area contributed by atoms with Crippen molar-refractivity contribution in [1.29, 1.82) is 0 Å². The lowest BCUT2D eigenvalue weighted by Gasteiger charge is -2.14. The minimum atomic E-state index is -0.562. The van der Waals surface area contributed by atoms with Crippen LogP contribution in [0.5, 0.6) is 0 Å². The van der Waals surface area contributed by atoms with Gasteiger partial charge in [0.15, 0.2) is 0 Å². The summed E-state index contributed by atoms with van der Waals surface area (Å²) < 4.78 is 0. The smallest absolute Gasteiger partial charge is 0.252 e. The minimum absolute atomic E-state index is 0.280. The first kappa shape index (κ1) is 12.9. The average molecular weight is 256 g/mol. The van der Waals surface area contributed by atoms with Crippen LogP contribution in [-0.4, -0.2) is 10.9 Å². The van der Waals surface area contributed by atoms with Gasteiger partial charge >= 0.3 is 0 Å². The molecule has 0 aliphatic heterocycles. The van der Waals surface area contributed by atoms with E-state index in [1.165, 1.54) is 12.3 Å². The van der Waals surface area contributed by atoms with Gasteiger partial charge in [-0.2, -0.15) is 0 Å². The predicted octanol–water partition coefficient (Wildman–Crippen LogP) is 2.12. The molecule has 1 amide bonds. The monoisotopic (exact) mass is 256 g/mol. The van der Waals surface area contributed by atoms with Crippen LogP contribution < -0.4 is 16.8 Å². The molecule has 2 rings (SSSR count). The Morgan fingerprint density at radius 1 is 1.26 bits per heavy atom. The van der Waals surface area contributed by atoms with Gasteiger partial charge in [0.05, 0.1) is 17.4 Å². The van der Waals surface area contributed by atoms with Crippen LogP contribution in [0.25, 0.3) is 0 Å². The van der Waals surface area contributed by atoms with Gasteiger partial charge in [-0.3, -0.25) is 4.79 Å². The molecule has 98 valence electrons. The Balaban J connectivity index is 2.47. The van der Waals surface area contributed by atoms with E-state index in [9.17, 15) is 4.79 Å². The molecule has 0 bridgehead atoms. The highest BCUT2D eigenvalue weighted by atomic mass is 16.1. The molecule has 5 heteroatoms. The van der Waals surface area contributed by atoms with Crippen molar-refractivity contribution in [3.05, 3.63) is 47.2 Å². The maximum Gasteiger partial charge on any atom is 0.252 e. The number of aryl methyl sites for hydroxylation is 2. The summed E-state index contributed by atoms with van der Waals surface area (Å²) in [7, 11) is 0. The lowest BCUT2D eigenvalue weighted by molar-refractivity contribution is 0.100. The van der Waals surface area contributed by atoms with Crippen molar-refractivity contribution in [1.82, 2.24) is 4.98 Å². The Hall–Kier alpha value is -2.56. The number of carbonyl (C=O) groups excluding carboxylic acids is 1. The van der Waals surface area contributed by atoms with E-state index < -0.39 is 5.91 Å². The molecule has 5 nitrogen and oxygen atoms in total. The number of nitrogens with two attached hydrogens (primary N) is 2. The quantitative estimate of drug-likeness (QED) is 0.784. The third kappa shape index (κ3) is 2.65. The SMILES string of the molecule is Cc1cccc(C)c1Nc1ncc(N)cc1C(N)=O. The molecule has 2 aromatic rings. The maximum absolute atomic E-state index is 11.4. The molecule has 1 aromatic carbocycles. The van der Waals surface area contributed by atoms with Gasteiger partial charge in [-0.15, -0.1) is 0 Å². The van der Waals surface area contributed by atoms with E-state index in [1.54, 1.807) is 0 Å². The molecule has 0 radical (unpaired) electrons. The van der Waals surface area contributed by atoms with Crippen LogP contribution in [0.2, 0.25) is 0 Å². The number of carbonyl (C=O) groups is 1. The molecule has 1 aromatic heterocycles. The zero-order valence-electron chi connectivity index (χ0n) is 10.9. The topological polar surface area (TPSA) is 94.0 Å². The third-order valence-corrected chi connectivity index (χ3v) is 2.90. The Morgan fingerprint density at radius 2 is 1.89 bits per heavy atom. The number of nitrogen functional groups attached to an aromatic ring is 1. The number of amides is 1. The fraction of sp³-hybridized carbons (Fsp3) is 0.143. The van der Waals surface area contributed by atoms with Gasteiger partial charge in [-0.05, 0) is 31.0 Å². The number of para-hydroxylation sites is 1. The summed E-state index contributed by atoms with van der Waals surface area (Å²) in [4.78, 5) is 15.6. The van der Waals surface area contributed by atoms with Crippen LogP contribution in [0.3, 0.4) is 0 Å². The number of hydrogen-bond donors (Lipinski definition) is 3. The van der Waals surface area contributed by atoms with Crippen molar-refractivity contribution < 1.29 is 4.79 Å². The summed E-state index contributed by atoms with van der Waals surface area (Å²) in [6, 6.07) is 7.46. The molecule has 5 N–H and O–H groups in total. The van der Waals surface area contributed by atoms with Crippen molar-refractivity contribution in [2.45, 2.75) is 13.8 Å². The molecule has 0 saturated heterocycles. The molecule has 0 saturated carbocycles. The van der Waals surface area contributed by atoms with Crippen LogP contribution in [0, 0.1) is 13.8 Å². The van der Waals surface area contributed by atoms with Gasteiger partial charge in [-0.1, -0.05) is 18.2 Å². The number of hydrogen-bond acceptors (Lipinski definition) is 4. The second-order valence-electron chi connectivity index (χ2n) is 4.42. The average Bonchev–Trinajstić information content (AvgIpc) is 2.35. The van der Waals surface area contributed by atoms with Crippen molar-refractivity contribution in [3.63, 3.8) is 0 Å². The standard InChI is InChI=1S/C14H16N4O/c1-8-4-3-5-9(2)12(8)18-14-11(13(16)19)6-10(15)7-17-14/h3-7H,15H2,1-2H3,(H2,16,19)(H,17,18). The fourth-order valence-corrected chi connectivity index (χ4v) is 1.90. The number of pyridine rings is 1. The van der Waals surface area contributed by atoms with E-state index in [-0.39, 0.29) is 5.56 Å². The first-order chi connectivity index (χ1) is 8.99. The molecule has 0 fully saturated rings. The largest absolute Gasteiger partial charge is 0.397 e. The Bertz CT molecular complexity index is 617. The van der Waals surface area contributed by atoms with Crippen LogP contribution in [0.15, 0.2) is 30.5 Å². The summed E-state index contributed by atoms with van der Waals surface area (Å²) in [5.74, 6) is -0.146. The van der Waals surface area contributed by atoms with Gasteiger partial charge in [0, 0.05) is 5.69 Å². The molecule has 1 heterocycles. The molecule has 0 unspecified atom stereocenters. The Kier molecular flexibility index (Phi) is 3.37. The third-order valence-electron chi connectivity index (χ3n) is 2.90. The molecule has 19 heavy (non-hydrogen) atoms. The van der Waals surface area contributed by atoms with E-state index in [0.29, 0.717) is 11.5 Å². The van der Waals surface area contributed by atoms with E-state index in [0.717, 1.165) is 16.8 Å². The van der Waals surface area contributed by atoms with E-state index in [1.807, 2.05) is 32.0 Å². The molecular weight excluding hydrogens is 240 g/mol. The van der Waals surface area contributed by atoms with Gasteiger partial charge < -0.3 is 16.8 Å². The van der Waals surface area contributed by atoms with Crippen LogP contribution in [-0.2, 0) is 0 Å². The first-order valence-corrected chi connectivity index (χ1v) is 5.87. The number of anilines is 3. The van der Waals surface area contributed by atoms with Crippen LogP contribution in [0.1, 0.15) is 21.5 Å². The second-order valence-corrected chi connectivity index (χ2v) is 4.42. The van der Waals surface area contributed by atoms with E-state index in [4.69, 9.17) is 11.5 Å².